The van der Waals surface area contributed by atoms with Gasteiger partial charge < -0.3 is 9.64 Å². The van der Waals surface area contributed by atoms with Gasteiger partial charge in [-0.25, -0.2) is 8.42 Å². The standard InChI is InChI=1S/C16H26N2O3S/c1-12(2)15-10-18(11-16(15)17(3)4)22(19,20)14-8-6-7-13(9-14)21-5/h6-9,12,15-16H,10-11H2,1-5H3. The second-order valence-corrected chi connectivity index (χ2v) is 8.38. The fraction of sp³-hybridized carbons (Fsp3) is 0.625. The molecule has 1 aromatic carbocycles. The molecule has 0 spiro atoms. The quantitative estimate of drug-likeness (QED) is 0.829. The van der Waals surface area contributed by atoms with E-state index in [0.717, 1.165) is 0 Å². The molecule has 124 valence electrons. The minimum atomic E-state index is -3.48. The number of nitrogens with zero attached hydrogens (tertiary/aromatic N) is 2. The third kappa shape index (κ3) is 3.29. The summed E-state index contributed by atoms with van der Waals surface area (Å²) in [6.45, 7) is 5.42. The van der Waals surface area contributed by atoms with E-state index in [1.54, 1.807) is 35.7 Å². The molecule has 2 rings (SSSR count). The first-order chi connectivity index (χ1) is 10.3. The molecular formula is C16H26N2O3S. The van der Waals surface area contributed by atoms with Crippen LogP contribution >= 0.6 is 0 Å². The van der Waals surface area contributed by atoms with Gasteiger partial charge in [0.2, 0.25) is 10.0 Å². The Kier molecular flexibility index (Phi) is 5.14. The highest BCUT2D eigenvalue weighted by Crippen LogP contribution is 2.31. The van der Waals surface area contributed by atoms with Crippen LogP contribution in [-0.4, -0.2) is 58.0 Å². The lowest BCUT2D eigenvalue weighted by atomic mass is 9.91. The SMILES string of the molecule is COc1cccc(S(=O)(=O)N2CC(C(C)C)C(N(C)C)C2)c1. The molecule has 0 aromatic heterocycles. The fourth-order valence-electron chi connectivity index (χ4n) is 3.08. The molecule has 0 aliphatic carbocycles. The normalized spacial score (nSPS) is 23.4. The molecule has 2 atom stereocenters. The second-order valence-electron chi connectivity index (χ2n) is 6.44. The van der Waals surface area contributed by atoms with Gasteiger partial charge in [0, 0.05) is 25.2 Å². The average molecular weight is 326 g/mol. The Morgan fingerprint density at radius 2 is 1.95 bits per heavy atom. The van der Waals surface area contributed by atoms with E-state index >= 15 is 0 Å². The average Bonchev–Trinajstić information content (AvgIpc) is 2.93. The minimum absolute atomic E-state index is 0.250. The van der Waals surface area contributed by atoms with E-state index in [1.165, 1.54) is 0 Å². The van der Waals surface area contributed by atoms with E-state index in [9.17, 15) is 8.42 Å². The molecule has 1 aromatic rings. The summed E-state index contributed by atoms with van der Waals surface area (Å²) in [4.78, 5) is 2.43. The van der Waals surface area contributed by atoms with Crippen LogP contribution in [0, 0.1) is 11.8 Å². The first kappa shape index (κ1) is 17.2. The van der Waals surface area contributed by atoms with Crippen molar-refractivity contribution >= 4 is 10.0 Å². The Morgan fingerprint density at radius 1 is 1.27 bits per heavy atom. The van der Waals surface area contributed by atoms with E-state index in [-0.39, 0.29) is 6.04 Å². The van der Waals surface area contributed by atoms with Crippen molar-refractivity contribution in [3.63, 3.8) is 0 Å². The van der Waals surface area contributed by atoms with Crippen molar-refractivity contribution in [3.05, 3.63) is 24.3 Å². The predicted molar refractivity (Wildman–Crippen MR) is 87.6 cm³/mol. The van der Waals surface area contributed by atoms with E-state index in [2.05, 4.69) is 18.7 Å². The van der Waals surface area contributed by atoms with Crippen molar-refractivity contribution in [2.24, 2.45) is 11.8 Å². The lowest BCUT2D eigenvalue weighted by Gasteiger charge is -2.27. The van der Waals surface area contributed by atoms with E-state index < -0.39 is 10.0 Å². The molecular weight excluding hydrogens is 300 g/mol. The largest absolute Gasteiger partial charge is 0.497 e. The van der Waals surface area contributed by atoms with Gasteiger partial charge in [-0.15, -0.1) is 0 Å². The van der Waals surface area contributed by atoms with Gasteiger partial charge in [0.25, 0.3) is 0 Å². The molecule has 1 aliphatic heterocycles. The molecule has 5 nitrogen and oxygen atoms in total. The molecule has 0 N–H and O–H groups in total. The van der Waals surface area contributed by atoms with Gasteiger partial charge in [0.1, 0.15) is 5.75 Å². The Labute approximate surface area is 133 Å². The van der Waals surface area contributed by atoms with Crippen LogP contribution in [-0.2, 0) is 10.0 Å². The van der Waals surface area contributed by atoms with Gasteiger partial charge in [-0.1, -0.05) is 19.9 Å². The van der Waals surface area contributed by atoms with Gasteiger partial charge in [-0.05, 0) is 38.1 Å². The number of rotatable bonds is 5. The molecule has 0 bridgehead atoms. The third-order valence-corrected chi connectivity index (χ3v) is 6.33. The molecule has 22 heavy (non-hydrogen) atoms. The van der Waals surface area contributed by atoms with Crippen LogP contribution in [0.5, 0.6) is 5.75 Å². The number of methoxy groups -OCH3 is 1. The van der Waals surface area contributed by atoms with Gasteiger partial charge in [0.15, 0.2) is 0 Å². The minimum Gasteiger partial charge on any atom is -0.497 e. The van der Waals surface area contributed by atoms with Gasteiger partial charge in [-0.3, -0.25) is 0 Å². The van der Waals surface area contributed by atoms with Crippen LogP contribution < -0.4 is 4.74 Å². The molecule has 1 heterocycles. The summed E-state index contributed by atoms with van der Waals surface area (Å²) in [5.41, 5.74) is 0. The Morgan fingerprint density at radius 3 is 2.45 bits per heavy atom. The summed E-state index contributed by atoms with van der Waals surface area (Å²) >= 11 is 0. The van der Waals surface area contributed by atoms with Crippen LogP contribution in [0.4, 0.5) is 0 Å². The first-order valence-electron chi connectivity index (χ1n) is 7.58. The molecule has 2 unspecified atom stereocenters. The monoisotopic (exact) mass is 326 g/mol. The van der Waals surface area contributed by atoms with Crippen LogP contribution in [0.15, 0.2) is 29.2 Å². The number of benzene rings is 1. The fourth-order valence-corrected chi connectivity index (χ4v) is 4.61. The highest BCUT2D eigenvalue weighted by molar-refractivity contribution is 7.89. The molecule has 1 fully saturated rings. The lowest BCUT2D eigenvalue weighted by molar-refractivity contribution is 0.216. The number of ether oxygens (including phenoxy) is 1. The van der Waals surface area contributed by atoms with Crippen LogP contribution in [0.3, 0.4) is 0 Å². The topological polar surface area (TPSA) is 49.9 Å². The predicted octanol–water partition coefficient (Wildman–Crippen LogP) is 1.90. The lowest BCUT2D eigenvalue weighted by Crippen LogP contribution is -2.37. The Balaban J connectivity index is 2.30. The zero-order valence-corrected chi connectivity index (χ0v) is 14.8. The number of sulfonamides is 1. The second kappa shape index (κ2) is 6.56. The molecule has 0 saturated carbocycles. The van der Waals surface area contributed by atoms with Crippen LogP contribution in [0.25, 0.3) is 0 Å². The summed E-state index contributed by atoms with van der Waals surface area (Å²) < 4.78 is 32.5. The van der Waals surface area contributed by atoms with Crippen LogP contribution in [0.1, 0.15) is 13.8 Å². The van der Waals surface area contributed by atoms with E-state index in [4.69, 9.17) is 4.74 Å². The van der Waals surface area contributed by atoms with Gasteiger partial charge in [0.05, 0.1) is 12.0 Å². The van der Waals surface area contributed by atoms with Crippen molar-refractivity contribution in [2.75, 3.05) is 34.3 Å². The summed E-state index contributed by atoms with van der Waals surface area (Å²) in [7, 11) is 2.09. The smallest absolute Gasteiger partial charge is 0.243 e. The van der Waals surface area contributed by atoms with Crippen molar-refractivity contribution in [2.45, 2.75) is 24.8 Å². The van der Waals surface area contributed by atoms with Crippen molar-refractivity contribution in [1.82, 2.24) is 9.21 Å². The molecule has 0 radical (unpaired) electrons. The van der Waals surface area contributed by atoms with Crippen molar-refractivity contribution in [3.8, 4) is 5.75 Å². The highest BCUT2D eigenvalue weighted by atomic mass is 32.2. The molecule has 1 saturated heterocycles. The highest BCUT2D eigenvalue weighted by Gasteiger charge is 2.41. The van der Waals surface area contributed by atoms with Crippen LogP contribution in [0.2, 0.25) is 0 Å². The zero-order valence-electron chi connectivity index (χ0n) is 14.0. The molecule has 6 heteroatoms. The summed E-state index contributed by atoms with van der Waals surface area (Å²) in [5.74, 6) is 1.35. The maximum Gasteiger partial charge on any atom is 0.243 e. The number of hydrogen-bond acceptors (Lipinski definition) is 4. The summed E-state index contributed by atoms with van der Waals surface area (Å²) in [6.07, 6.45) is 0. The zero-order chi connectivity index (χ0) is 16.5. The first-order valence-corrected chi connectivity index (χ1v) is 9.02. The summed E-state index contributed by atoms with van der Waals surface area (Å²) in [6, 6.07) is 6.93. The van der Waals surface area contributed by atoms with E-state index in [1.807, 2.05) is 14.1 Å². The number of hydrogen-bond donors (Lipinski definition) is 0. The number of likely N-dealkylation sites (N-methyl/N-ethyl adjacent to an activating group) is 1. The molecule has 0 amide bonds. The Bertz CT molecular complexity index is 598. The van der Waals surface area contributed by atoms with E-state index in [0.29, 0.717) is 35.6 Å². The molecule has 1 aliphatic rings. The maximum atomic E-state index is 12.9. The van der Waals surface area contributed by atoms with Crippen molar-refractivity contribution in [1.29, 1.82) is 0 Å². The van der Waals surface area contributed by atoms with Gasteiger partial charge in [-0.2, -0.15) is 4.31 Å². The summed E-state index contributed by atoms with van der Waals surface area (Å²) in [5, 5.41) is 0. The van der Waals surface area contributed by atoms with Gasteiger partial charge >= 0.3 is 0 Å². The van der Waals surface area contributed by atoms with Crippen molar-refractivity contribution < 1.29 is 13.2 Å². The maximum absolute atomic E-state index is 12.9. The Hall–Kier alpha value is -1.11. The third-order valence-electron chi connectivity index (χ3n) is 4.50.